The maximum Gasteiger partial charge on any atom is 0.0459 e. The van der Waals surface area contributed by atoms with Crippen molar-refractivity contribution in [3.8, 4) is 0 Å². The predicted octanol–water partition coefficient (Wildman–Crippen LogP) is 3.96. The van der Waals surface area contributed by atoms with Crippen LogP contribution in [0, 0.1) is 12.3 Å². The molecule has 1 N–H and O–H groups in total. The molecule has 0 saturated heterocycles. The maximum atomic E-state index is 8.99. The second kappa shape index (κ2) is 11.0. The van der Waals surface area contributed by atoms with E-state index in [2.05, 4.69) is 20.3 Å². The Morgan fingerprint density at radius 2 is 1.86 bits per heavy atom. The number of aliphatic hydroxyl groups excluding tert-OH is 1. The van der Waals surface area contributed by atoms with E-state index >= 15 is 0 Å². The molecule has 1 atom stereocenters. The molecule has 0 spiro atoms. The quantitative estimate of drug-likeness (QED) is 0.528. The summed E-state index contributed by atoms with van der Waals surface area (Å²) < 4.78 is 0. The third kappa shape index (κ3) is 8.55. The molecule has 14 heavy (non-hydrogen) atoms. The van der Waals surface area contributed by atoms with Gasteiger partial charge in [-0.15, -0.1) is 0 Å². The minimum Gasteiger partial charge on any atom is -0.396 e. The van der Waals surface area contributed by atoms with E-state index in [9.17, 15) is 0 Å². The summed E-state index contributed by atoms with van der Waals surface area (Å²) >= 11 is 0. The maximum absolute atomic E-state index is 8.99. The van der Waals surface area contributed by atoms with E-state index in [1.807, 2.05) is 0 Å². The number of hydrogen-bond acceptors (Lipinski definition) is 1. The smallest absolute Gasteiger partial charge is 0.0459 e. The van der Waals surface area contributed by atoms with Crippen molar-refractivity contribution in [2.24, 2.45) is 5.92 Å². The Kier molecular flexibility index (Phi) is 11.0. The van der Waals surface area contributed by atoms with E-state index in [-0.39, 0.29) is 0 Å². The van der Waals surface area contributed by atoms with Gasteiger partial charge in [0, 0.05) is 6.61 Å². The number of aliphatic hydroxyl groups is 1. The first-order valence-corrected chi connectivity index (χ1v) is 6.27. The van der Waals surface area contributed by atoms with Gasteiger partial charge in [-0.1, -0.05) is 58.8 Å². The van der Waals surface area contributed by atoms with E-state index in [1.165, 1.54) is 44.9 Å². The minimum absolute atomic E-state index is 0.373. The van der Waals surface area contributed by atoms with Gasteiger partial charge in [0.2, 0.25) is 0 Å². The van der Waals surface area contributed by atoms with Crippen molar-refractivity contribution >= 4 is 0 Å². The highest BCUT2D eigenvalue weighted by Gasteiger charge is 2.03. The van der Waals surface area contributed by atoms with Crippen LogP contribution in [0.4, 0.5) is 0 Å². The third-order valence-electron chi connectivity index (χ3n) is 2.85. The summed E-state index contributed by atoms with van der Waals surface area (Å²) in [5, 5.41) is 8.99. The van der Waals surface area contributed by atoms with Crippen LogP contribution in [0.25, 0.3) is 0 Å². The lowest BCUT2D eigenvalue weighted by Crippen LogP contribution is -2.03. The van der Waals surface area contributed by atoms with E-state index in [4.69, 9.17) is 5.11 Å². The van der Waals surface area contributed by atoms with Crippen molar-refractivity contribution in [2.45, 2.75) is 65.2 Å². The topological polar surface area (TPSA) is 20.2 Å². The molecular formula is C13H27O. The van der Waals surface area contributed by atoms with E-state index in [1.54, 1.807) is 0 Å². The lowest BCUT2D eigenvalue weighted by atomic mass is 9.99. The number of hydrogen-bond donors (Lipinski definition) is 1. The average Bonchev–Trinajstić information content (AvgIpc) is 2.22. The van der Waals surface area contributed by atoms with Crippen LogP contribution in [0.5, 0.6) is 0 Å². The monoisotopic (exact) mass is 199 g/mol. The molecule has 85 valence electrons. The largest absolute Gasteiger partial charge is 0.396 e. The van der Waals surface area contributed by atoms with Crippen LogP contribution in [0.3, 0.4) is 0 Å². The molecule has 0 fully saturated rings. The first-order valence-electron chi connectivity index (χ1n) is 6.27. The summed E-state index contributed by atoms with van der Waals surface area (Å²) in [6.45, 7) is 4.76. The normalized spacial score (nSPS) is 13.1. The SMILES string of the molecule is CCC[CH]CCCCCC(CC)CO. The summed E-state index contributed by atoms with van der Waals surface area (Å²) in [6, 6.07) is 0. The van der Waals surface area contributed by atoms with Crippen LogP contribution in [0.15, 0.2) is 0 Å². The molecule has 0 aromatic carbocycles. The van der Waals surface area contributed by atoms with Crippen molar-refractivity contribution < 1.29 is 5.11 Å². The van der Waals surface area contributed by atoms with Gasteiger partial charge in [-0.3, -0.25) is 0 Å². The first kappa shape index (κ1) is 14.0. The van der Waals surface area contributed by atoms with Gasteiger partial charge in [0.25, 0.3) is 0 Å². The van der Waals surface area contributed by atoms with Gasteiger partial charge in [-0.25, -0.2) is 0 Å². The molecule has 0 saturated carbocycles. The summed E-state index contributed by atoms with van der Waals surface area (Å²) in [4.78, 5) is 0. The Hall–Kier alpha value is -0.0400. The number of unbranched alkanes of at least 4 members (excludes halogenated alkanes) is 6. The molecule has 0 aliphatic heterocycles. The summed E-state index contributed by atoms with van der Waals surface area (Å²) in [5.74, 6) is 0.551. The first-order chi connectivity index (χ1) is 6.85. The zero-order valence-electron chi connectivity index (χ0n) is 9.97. The standard InChI is InChI=1S/C13H27O/c1-3-5-6-7-8-9-10-11-13(4-2)12-14/h6,13-14H,3-5,7-12H2,1-2H3. The summed E-state index contributed by atoms with van der Waals surface area (Å²) in [6.07, 6.45) is 12.5. The molecule has 1 unspecified atom stereocenters. The molecule has 0 aliphatic rings. The Morgan fingerprint density at radius 3 is 2.43 bits per heavy atom. The van der Waals surface area contributed by atoms with Crippen LogP contribution in [0.1, 0.15) is 65.2 Å². The molecule has 1 nitrogen and oxygen atoms in total. The van der Waals surface area contributed by atoms with E-state index < -0.39 is 0 Å². The lowest BCUT2D eigenvalue weighted by Gasteiger charge is -2.10. The van der Waals surface area contributed by atoms with Crippen molar-refractivity contribution in [1.29, 1.82) is 0 Å². The number of rotatable bonds is 10. The fourth-order valence-electron chi connectivity index (χ4n) is 1.67. The summed E-state index contributed by atoms with van der Waals surface area (Å²) in [5.41, 5.74) is 0. The zero-order chi connectivity index (χ0) is 10.6. The van der Waals surface area contributed by atoms with Crippen molar-refractivity contribution in [3.05, 3.63) is 6.42 Å². The van der Waals surface area contributed by atoms with Gasteiger partial charge >= 0.3 is 0 Å². The predicted molar refractivity (Wildman–Crippen MR) is 63.2 cm³/mol. The fourth-order valence-corrected chi connectivity index (χ4v) is 1.67. The van der Waals surface area contributed by atoms with Crippen LogP contribution >= 0.6 is 0 Å². The van der Waals surface area contributed by atoms with Crippen LogP contribution < -0.4 is 0 Å². The lowest BCUT2D eigenvalue weighted by molar-refractivity contribution is 0.211. The van der Waals surface area contributed by atoms with Gasteiger partial charge in [-0.05, 0) is 18.8 Å². The molecule has 0 aliphatic carbocycles. The van der Waals surface area contributed by atoms with Crippen molar-refractivity contribution in [1.82, 2.24) is 0 Å². The molecule has 0 aromatic rings. The summed E-state index contributed by atoms with van der Waals surface area (Å²) in [7, 11) is 0. The minimum atomic E-state index is 0.373. The molecule has 1 heteroatoms. The second-order valence-corrected chi connectivity index (χ2v) is 4.17. The zero-order valence-corrected chi connectivity index (χ0v) is 9.97. The molecular weight excluding hydrogens is 172 g/mol. The molecule has 0 aromatic heterocycles. The van der Waals surface area contributed by atoms with Crippen LogP contribution in [-0.4, -0.2) is 11.7 Å². The Labute approximate surface area is 89.9 Å². The van der Waals surface area contributed by atoms with Gasteiger partial charge in [0.05, 0.1) is 0 Å². The van der Waals surface area contributed by atoms with Crippen LogP contribution in [0.2, 0.25) is 0 Å². The van der Waals surface area contributed by atoms with Crippen molar-refractivity contribution in [2.75, 3.05) is 6.61 Å². The highest BCUT2D eigenvalue weighted by Crippen LogP contribution is 2.14. The second-order valence-electron chi connectivity index (χ2n) is 4.17. The Balaban J connectivity index is 3.04. The molecule has 0 heterocycles. The van der Waals surface area contributed by atoms with Crippen molar-refractivity contribution in [3.63, 3.8) is 0 Å². The molecule has 0 bridgehead atoms. The third-order valence-corrected chi connectivity index (χ3v) is 2.85. The Bertz CT molecular complexity index is 97.4. The molecule has 0 rings (SSSR count). The van der Waals surface area contributed by atoms with Crippen LogP contribution in [-0.2, 0) is 0 Å². The van der Waals surface area contributed by atoms with Gasteiger partial charge in [0.1, 0.15) is 0 Å². The van der Waals surface area contributed by atoms with Gasteiger partial charge < -0.3 is 5.11 Å². The molecule has 0 amide bonds. The fraction of sp³-hybridized carbons (Fsp3) is 0.923. The highest BCUT2D eigenvalue weighted by atomic mass is 16.3. The van der Waals surface area contributed by atoms with E-state index in [0.29, 0.717) is 12.5 Å². The molecule has 1 radical (unpaired) electrons. The highest BCUT2D eigenvalue weighted by molar-refractivity contribution is 4.63. The van der Waals surface area contributed by atoms with E-state index in [0.717, 1.165) is 6.42 Å². The van der Waals surface area contributed by atoms with Gasteiger partial charge in [-0.2, -0.15) is 0 Å². The average molecular weight is 199 g/mol. The van der Waals surface area contributed by atoms with Gasteiger partial charge in [0.15, 0.2) is 0 Å². The Morgan fingerprint density at radius 1 is 1.07 bits per heavy atom.